The fourth-order valence-electron chi connectivity index (χ4n) is 9.04. The van der Waals surface area contributed by atoms with Crippen molar-refractivity contribution in [3.8, 4) is 0 Å². The standard InChI is InChI=1S/C45H55ClFN11.C2H7N/c1-8-9-11-32-22-34-23-35(24-48-44(34)58(28(2)3)31(32)6)51-43-38(46)25-49-45(52-43)57-17-16-33(39(47)27-57)26-55-18-20-56(21-19-55)40-13-10-12-37-41(53-54(7)42(37)40)36-15-14-29(4)50-30(36)5;1-3-2/h8,10,12-13,22-25,28,33,36,39,50H,1,4-6,9,11,14-21,26-27H2,2-3,7H3,(H,49,51,52);3H,1-2H3. The van der Waals surface area contributed by atoms with Crippen molar-refractivity contribution in [1.82, 2.24) is 40.3 Å². The van der Waals surface area contributed by atoms with Gasteiger partial charge in [0.05, 0.1) is 41.5 Å². The first kappa shape index (κ1) is 43.8. The molecule has 3 fully saturated rings. The van der Waals surface area contributed by atoms with E-state index in [0.717, 1.165) is 116 Å². The Morgan fingerprint density at radius 2 is 1.80 bits per heavy atom. The Bertz CT molecular complexity index is 2290. The van der Waals surface area contributed by atoms with Crippen LogP contribution >= 0.6 is 11.6 Å². The van der Waals surface area contributed by atoms with E-state index in [4.69, 9.17) is 26.7 Å². The SMILES string of the molecule is C=CCCC1=Cc2cc(Nc3nc(N4CCC(CN5CCN(c6cccc7c(C8CCC(=C)NC8=C)nn(C)c67)CC5)C(F)C4)ncc3Cl)cnc2N(C(C)C)C1=C.CNC. The number of para-hydroxylation sites is 1. The number of hydrogen-bond donors (Lipinski definition) is 3. The van der Waals surface area contributed by atoms with Crippen molar-refractivity contribution in [2.75, 3.05) is 79.9 Å². The van der Waals surface area contributed by atoms with Crippen LogP contribution in [-0.4, -0.2) is 102 Å². The van der Waals surface area contributed by atoms with Crippen LogP contribution in [-0.2, 0) is 7.05 Å². The number of aryl methyl sites for hydroxylation is 1. The van der Waals surface area contributed by atoms with Gasteiger partial charge >= 0.3 is 0 Å². The number of anilines is 5. The van der Waals surface area contributed by atoms with Crippen molar-refractivity contribution in [3.63, 3.8) is 0 Å². The molecule has 12 nitrogen and oxygen atoms in total. The number of pyridine rings is 1. The van der Waals surface area contributed by atoms with Gasteiger partial charge in [-0.25, -0.2) is 14.4 Å². The molecule has 4 aliphatic rings. The van der Waals surface area contributed by atoms with E-state index in [9.17, 15) is 0 Å². The van der Waals surface area contributed by atoms with E-state index < -0.39 is 6.17 Å². The number of alkyl halides is 1. The third-order valence-corrected chi connectivity index (χ3v) is 12.4. The Labute approximate surface area is 365 Å². The summed E-state index contributed by atoms with van der Waals surface area (Å²) < 4.78 is 18.0. The van der Waals surface area contributed by atoms with Crippen LogP contribution in [0.3, 0.4) is 0 Å². The summed E-state index contributed by atoms with van der Waals surface area (Å²) in [7, 11) is 5.78. The number of nitrogens with one attached hydrogen (secondary N) is 3. The molecule has 3 N–H and O–H groups in total. The molecule has 0 radical (unpaired) electrons. The average Bonchev–Trinajstić information content (AvgIpc) is 3.58. The summed E-state index contributed by atoms with van der Waals surface area (Å²) >= 11 is 6.62. The number of rotatable bonds is 11. The van der Waals surface area contributed by atoms with Crippen LogP contribution in [0, 0.1) is 5.92 Å². The smallest absolute Gasteiger partial charge is 0.227 e. The van der Waals surface area contributed by atoms with Crippen LogP contribution in [0.5, 0.6) is 0 Å². The van der Waals surface area contributed by atoms with Gasteiger partial charge in [-0.1, -0.05) is 49.5 Å². The molecule has 0 amide bonds. The highest BCUT2D eigenvalue weighted by Gasteiger charge is 2.34. The van der Waals surface area contributed by atoms with Crippen LogP contribution in [0.25, 0.3) is 17.0 Å². The molecule has 8 rings (SSSR count). The van der Waals surface area contributed by atoms with Crippen molar-refractivity contribution in [1.29, 1.82) is 0 Å². The lowest BCUT2D eigenvalue weighted by molar-refractivity contribution is 0.131. The predicted molar refractivity (Wildman–Crippen MR) is 252 cm³/mol. The van der Waals surface area contributed by atoms with Crippen LogP contribution in [0.2, 0.25) is 5.02 Å². The van der Waals surface area contributed by atoms with Crippen LogP contribution in [0.1, 0.15) is 63.1 Å². The summed E-state index contributed by atoms with van der Waals surface area (Å²) in [6, 6.07) is 8.77. The lowest BCUT2D eigenvalue weighted by Crippen LogP contribution is -2.51. The summed E-state index contributed by atoms with van der Waals surface area (Å²) in [6.45, 7) is 26.1. The second-order valence-corrected chi connectivity index (χ2v) is 17.3. The summed E-state index contributed by atoms with van der Waals surface area (Å²) in [6.07, 6.45) is 10.8. The summed E-state index contributed by atoms with van der Waals surface area (Å²) in [4.78, 5) is 23.1. The maximum atomic E-state index is 16.0. The Kier molecular flexibility index (Phi) is 13.8. The number of piperidine rings is 2. The molecular formula is C47H62ClFN12. The monoisotopic (exact) mass is 848 g/mol. The van der Waals surface area contributed by atoms with E-state index in [1.807, 2.05) is 36.8 Å². The maximum Gasteiger partial charge on any atom is 0.227 e. The zero-order valence-electron chi connectivity index (χ0n) is 36.5. The molecule has 0 spiro atoms. The summed E-state index contributed by atoms with van der Waals surface area (Å²) in [5, 5.41) is 16.0. The zero-order chi connectivity index (χ0) is 43.4. The summed E-state index contributed by atoms with van der Waals surface area (Å²) in [5.74, 6) is 1.88. The predicted octanol–water partition coefficient (Wildman–Crippen LogP) is 8.56. The molecule has 61 heavy (non-hydrogen) atoms. The molecule has 324 valence electrons. The number of nitrogens with zero attached hydrogens (tertiary/aromatic N) is 9. The molecule has 4 aliphatic heterocycles. The van der Waals surface area contributed by atoms with Gasteiger partial charge in [0.15, 0.2) is 5.82 Å². The van der Waals surface area contributed by atoms with E-state index in [2.05, 4.69) is 106 Å². The highest BCUT2D eigenvalue weighted by Crippen LogP contribution is 2.40. The molecule has 4 aromatic rings. The normalized spacial score (nSPS) is 20.9. The minimum absolute atomic E-state index is 0.0588. The number of halogens is 2. The Morgan fingerprint density at radius 3 is 2.51 bits per heavy atom. The summed E-state index contributed by atoms with van der Waals surface area (Å²) in [5.41, 5.74) is 9.27. The van der Waals surface area contributed by atoms with Gasteiger partial charge in [0.2, 0.25) is 5.95 Å². The highest BCUT2D eigenvalue weighted by molar-refractivity contribution is 6.32. The topological polar surface area (TPSA) is 106 Å². The molecule has 3 aromatic heterocycles. The first-order valence-corrected chi connectivity index (χ1v) is 21.9. The second-order valence-electron chi connectivity index (χ2n) is 16.9. The number of piperazine rings is 1. The Hall–Kier alpha value is -5.24. The third-order valence-electron chi connectivity index (χ3n) is 12.1. The van der Waals surface area contributed by atoms with Crippen LogP contribution < -0.4 is 30.7 Å². The van der Waals surface area contributed by atoms with Crippen molar-refractivity contribution < 1.29 is 4.39 Å². The first-order chi connectivity index (χ1) is 29.4. The molecular weight excluding hydrogens is 787 g/mol. The minimum Gasteiger partial charge on any atom is -0.367 e. The average molecular weight is 850 g/mol. The van der Waals surface area contributed by atoms with E-state index in [1.54, 1.807) is 12.4 Å². The van der Waals surface area contributed by atoms with Gasteiger partial charge < -0.3 is 30.7 Å². The Morgan fingerprint density at radius 1 is 1.03 bits per heavy atom. The van der Waals surface area contributed by atoms with Gasteiger partial charge in [-0.15, -0.1) is 6.58 Å². The second kappa shape index (κ2) is 19.2. The van der Waals surface area contributed by atoms with Crippen molar-refractivity contribution in [2.45, 2.75) is 64.1 Å². The largest absolute Gasteiger partial charge is 0.367 e. The molecule has 3 unspecified atom stereocenters. The van der Waals surface area contributed by atoms with E-state index in [0.29, 0.717) is 23.3 Å². The molecule has 0 saturated carbocycles. The van der Waals surface area contributed by atoms with E-state index in [-0.39, 0.29) is 24.4 Å². The fourth-order valence-corrected chi connectivity index (χ4v) is 9.18. The highest BCUT2D eigenvalue weighted by atomic mass is 35.5. The van der Waals surface area contributed by atoms with Crippen molar-refractivity contribution in [2.24, 2.45) is 13.0 Å². The molecule has 3 atom stereocenters. The quantitative estimate of drug-likeness (QED) is 0.127. The molecule has 14 heteroatoms. The molecule has 0 aliphatic carbocycles. The number of aromatic nitrogens is 5. The lowest BCUT2D eigenvalue weighted by Gasteiger charge is -2.41. The first-order valence-electron chi connectivity index (χ1n) is 21.5. The zero-order valence-corrected chi connectivity index (χ0v) is 37.3. The van der Waals surface area contributed by atoms with Crippen molar-refractivity contribution >= 4 is 57.5 Å². The van der Waals surface area contributed by atoms with Gasteiger partial charge in [0.1, 0.15) is 17.0 Å². The third kappa shape index (κ3) is 9.49. The number of fused-ring (bicyclic) bond motifs is 2. The van der Waals surface area contributed by atoms with E-state index >= 15 is 4.39 Å². The van der Waals surface area contributed by atoms with E-state index in [1.165, 1.54) is 11.1 Å². The van der Waals surface area contributed by atoms with Gasteiger partial charge in [0.25, 0.3) is 0 Å². The van der Waals surface area contributed by atoms with Gasteiger partial charge in [0, 0.05) is 92.2 Å². The number of allylic oxidation sites excluding steroid dienone is 4. The van der Waals surface area contributed by atoms with Gasteiger partial charge in [-0.3, -0.25) is 9.58 Å². The van der Waals surface area contributed by atoms with Crippen LogP contribution in [0.4, 0.5) is 33.3 Å². The maximum absolute atomic E-state index is 16.0. The van der Waals surface area contributed by atoms with Crippen molar-refractivity contribution in [3.05, 3.63) is 108 Å². The van der Waals surface area contributed by atoms with Gasteiger partial charge in [-0.05, 0) is 83.8 Å². The fraction of sp³-hybridized carbons (Fsp3) is 0.447. The number of hydrogen-bond acceptors (Lipinski definition) is 11. The molecule has 3 saturated heterocycles. The molecule has 0 bridgehead atoms. The van der Waals surface area contributed by atoms with Crippen LogP contribution in [0.15, 0.2) is 91.7 Å². The minimum atomic E-state index is -1.00. The van der Waals surface area contributed by atoms with Gasteiger partial charge in [-0.2, -0.15) is 10.1 Å². The Balaban J connectivity index is 0.00000182. The molecule has 7 heterocycles. The number of benzene rings is 1. The lowest BCUT2D eigenvalue weighted by atomic mass is 9.90. The molecule has 1 aromatic carbocycles.